The van der Waals surface area contributed by atoms with Crippen molar-refractivity contribution >= 4 is 24.0 Å². The van der Waals surface area contributed by atoms with Crippen LogP contribution in [-0.4, -0.2) is 132 Å². The van der Waals surface area contributed by atoms with Gasteiger partial charge in [0, 0.05) is 27.3 Å². The predicted molar refractivity (Wildman–Crippen MR) is 206 cm³/mol. The number of hydrogen-bond acceptors (Lipinski definition) is 12. The van der Waals surface area contributed by atoms with Crippen molar-refractivity contribution in [2.75, 3.05) is 80.2 Å². The Labute approximate surface area is 327 Å². The molecule has 0 saturated heterocycles. The van der Waals surface area contributed by atoms with E-state index < -0.39 is 48.2 Å². The fraction of sp³-hybridized carbons (Fsp3) is 0.744. The molecule has 314 valence electrons. The smallest absolute Gasteiger partial charge is 0.407 e. The minimum Gasteiger partial charge on any atom is -0.447 e. The second-order valence-corrected chi connectivity index (χ2v) is 14.4. The highest BCUT2D eigenvalue weighted by Gasteiger charge is 2.32. The summed E-state index contributed by atoms with van der Waals surface area (Å²) in [5, 5.41) is 21.8. The molecule has 4 amide bonds. The van der Waals surface area contributed by atoms with Crippen LogP contribution in [0.25, 0.3) is 0 Å². The lowest BCUT2D eigenvalue weighted by Gasteiger charge is -2.33. The number of alkyl carbamates (subject to hydrolysis) is 2. The highest BCUT2D eigenvalue weighted by molar-refractivity contribution is 5.86. The molecule has 16 nitrogen and oxygen atoms in total. The molecule has 16 heteroatoms. The second-order valence-electron chi connectivity index (χ2n) is 14.4. The SMILES string of the molecule is COCCOCCOC(=O)NC(C(=O)NC(c1ccccc1)C(O)CCN(CC1CCCCC1)NC(=O)C(NC(=O)OCCOCCOC)C(C)C)C(C)C. The fourth-order valence-electron chi connectivity index (χ4n) is 6.14. The maximum Gasteiger partial charge on any atom is 0.407 e. The molecule has 5 N–H and O–H groups in total. The van der Waals surface area contributed by atoms with Gasteiger partial charge in [0.25, 0.3) is 5.91 Å². The number of hydrogen-bond donors (Lipinski definition) is 5. The van der Waals surface area contributed by atoms with Gasteiger partial charge in [-0.05, 0) is 42.6 Å². The number of nitrogens with zero attached hydrogens (tertiary/aromatic N) is 1. The Kier molecular flexibility index (Phi) is 24.2. The van der Waals surface area contributed by atoms with Crippen molar-refractivity contribution in [1.29, 1.82) is 0 Å². The summed E-state index contributed by atoms with van der Waals surface area (Å²) >= 11 is 0. The Hall–Kier alpha value is -3.54. The number of aliphatic hydroxyl groups excluding tert-OH is 1. The first-order valence-corrected chi connectivity index (χ1v) is 19.6. The van der Waals surface area contributed by atoms with Crippen molar-refractivity contribution in [2.24, 2.45) is 17.8 Å². The molecule has 0 spiro atoms. The Balaban J connectivity index is 2.12. The number of methoxy groups -OCH3 is 2. The van der Waals surface area contributed by atoms with E-state index in [9.17, 15) is 24.3 Å². The van der Waals surface area contributed by atoms with Gasteiger partial charge in [0.05, 0.1) is 51.8 Å². The topological polar surface area (TPSA) is 195 Å². The summed E-state index contributed by atoms with van der Waals surface area (Å²) in [6, 6.07) is 6.46. The van der Waals surface area contributed by atoms with Gasteiger partial charge in [-0.3, -0.25) is 15.0 Å². The molecule has 1 aliphatic carbocycles. The number of aliphatic hydroxyl groups is 1. The summed E-state index contributed by atoms with van der Waals surface area (Å²) in [6.45, 7) is 10.1. The van der Waals surface area contributed by atoms with Gasteiger partial charge in [-0.2, -0.15) is 0 Å². The van der Waals surface area contributed by atoms with Crippen molar-refractivity contribution in [3.63, 3.8) is 0 Å². The monoisotopic (exact) mass is 781 g/mol. The van der Waals surface area contributed by atoms with E-state index >= 15 is 0 Å². The molecule has 1 fully saturated rings. The van der Waals surface area contributed by atoms with E-state index in [-0.39, 0.29) is 51.2 Å². The summed E-state index contributed by atoms with van der Waals surface area (Å²) in [6.07, 6.45) is 3.06. The minimum atomic E-state index is -1.07. The van der Waals surface area contributed by atoms with Crippen LogP contribution < -0.4 is 21.4 Å². The maximum absolute atomic E-state index is 13.7. The summed E-state index contributed by atoms with van der Waals surface area (Å²) in [4.78, 5) is 52.6. The van der Waals surface area contributed by atoms with Gasteiger partial charge >= 0.3 is 12.2 Å². The predicted octanol–water partition coefficient (Wildman–Crippen LogP) is 3.34. The summed E-state index contributed by atoms with van der Waals surface area (Å²) in [5.74, 6) is -1.09. The third-order valence-electron chi connectivity index (χ3n) is 9.24. The lowest BCUT2D eigenvalue weighted by molar-refractivity contribution is -0.129. The summed E-state index contributed by atoms with van der Waals surface area (Å²) in [7, 11) is 3.13. The normalized spacial score (nSPS) is 15.6. The van der Waals surface area contributed by atoms with Crippen LogP contribution >= 0.6 is 0 Å². The average molecular weight is 782 g/mol. The summed E-state index contributed by atoms with van der Waals surface area (Å²) < 4.78 is 31.0. The average Bonchev–Trinajstić information content (AvgIpc) is 3.17. The molecular formula is C39H67N5O11. The molecular weight excluding hydrogens is 714 g/mol. The largest absolute Gasteiger partial charge is 0.447 e. The van der Waals surface area contributed by atoms with Gasteiger partial charge < -0.3 is 49.5 Å². The maximum atomic E-state index is 13.7. The molecule has 1 aliphatic rings. The van der Waals surface area contributed by atoms with Gasteiger partial charge in [-0.25, -0.2) is 14.6 Å². The molecule has 2 rings (SSSR count). The molecule has 0 aromatic heterocycles. The van der Waals surface area contributed by atoms with Crippen LogP contribution in [0.3, 0.4) is 0 Å². The molecule has 0 bridgehead atoms. The van der Waals surface area contributed by atoms with Crippen LogP contribution in [0.15, 0.2) is 30.3 Å². The minimum absolute atomic E-state index is 0.00438. The number of rotatable bonds is 27. The van der Waals surface area contributed by atoms with Gasteiger partial charge in [-0.15, -0.1) is 0 Å². The number of carbonyl (C=O) groups is 4. The molecule has 0 heterocycles. The zero-order valence-corrected chi connectivity index (χ0v) is 33.7. The summed E-state index contributed by atoms with van der Waals surface area (Å²) in [5.41, 5.74) is 3.69. The van der Waals surface area contributed by atoms with Crippen LogP contribution in [0.4, 0.5) is 9.59 Å². The van der Waals surface area contributed by atoms with E-state index in [1.165, 1.54) is 6.42 Å². The highest BCUT2D eigenvalue weighted by Crippen LogP contribution is 2.25. The van der Waals surface area contributed by atoms with Crippen LogP contribution in [0.2, 0.25) is 0 Å². The third-order valence-corrected chi connectivity index (χ3v) is 9.24. The molecule has 1 aromatic carbocycles. The number of hydrazine groups is 1. The fourth-order valence-corrected chi connectivity index (χ4v) is 6.14. The van der Waals surface area contributed by atoms with Crippen LogP contribution in [0.1, 0.15) is 77.8 Å². The van der Waals surface area contributed by atoms with E-state index in [2.05, 4.69) is 21.4 Å². The van der Waals surface area contributed by atoms with Crippen LogP contribution in [-0.2, 0) is 38.0 Å². The van der Waals surface area contributed by atoms with Crippen molar-refractivity contribution in [1.82, 2.24) is 26.4 Å². The molecule has 55 heavy (non-hydrogen) atoms. The van der Waals surface area contributed by atoms with E-state index in [1.54, 1.807) is 28.1 Å². The Morgan fingerprint density at radius 1 is 0.709 bits per heavy atom. The van der Waals surface area contributed by atoms with Gasteiger partial charge in [-0.1, -0.05) is 77.3 Å². The lowest BCUT2D eigenvalue weighted by Crippen LogP contribution is -2.56. The first-order chi connectivity index (χ1) is 26.5. The Morgan fingerprint density at radius 3 is 1.73 bits per heavy atom. The molecule has 1 saturated carbocycles. The van der Waals surface area contributed by atoms with Gasteiger partial charge in [0.15, 0.2) is 0 Å². The zero-order valence-electron chi connectivity index (χ0n) is 33.7. The van der Waals surface area contributed by atoms with Crippen molar-refractivity contribution in [3.8, 4) is 0 Å². The highest BCUT2D eigenvalue weighted by atomic mass is 16.6. The number of carbonyl (C=O) groups excluding carboxylic acids is 4. The zero-order chi connectivity index (χ0) is 40.4. The molecule has 0 radical (unpaired) electrons. The number of amides is 4. The number of nitrogens with one attached hydrogen (secondary N) is 4. The van der Waals surface area contributed by atoms with E-state index in [0.717, 1.165) is 25.7 Å². The van der Waals surface area contributed by atoms with Crippen LogP contribution in [0.5, 0.6) is 0 Å². The number of benzene rings is 1. The van der Waals surface area contributed by atoms with E-state index in [4.69, 9.17) is 28.4 Å². The molecule has 4 atom stereocenters. The first kappa shape index (κ1) is 47.6. The van der Waals surface area contributed by atoms with Crippen molar-refractivity contribution in [2.45, 2.75) is 90.4 Å². The lowest BCUT2D eigenvalue weighted by atomic mass is 9.89. The van der Waals surface area contributed by atoms with Crippen LogP contribution in [0, 0.1) is 17.8 Å². The van der Waals surface area contributed by atoms with Crippen molar-refractivity contribution < 1.29 is 52.7 Å². The standard InChI is InChI=1S/C39H67N5O11/c1-28(2)33(41-38(48)54-25-23-52-21-19-50-5)36(46)40-35(31-15-11-8-12-16-31)32(45)17-18-44(27-30-13-9-7-10-14-30)43-37(47)34(29(3)4)42-39(49)55-26-24-53-22-20-51-6/h8,11-12,15-16,28-30,32-35,45H,7,9-10,13-14,17-27H2,1-6H3,(H,40,46)(H,41,48)(H,42,49)(H,43,47). The molecule has 4 unspecified atom stereocenters. The Morgan fingerprint density at radius 2 is 1.22 bits per heavy atom. The van der Waals surface area contributed by atoms with Crippen molar-refractivity contribution in [3.05, 3.63) is 35.9 Å². The Bertz CT molecular complexity index is 1220. The number of ether oxygens (including phenoxy) is 6. The first-order valence-electron chi connectivity index (χ1n) is 19.6. The van der Waals surface area contributed by atoms with Gasteiger partial charge in [0.2, 0.25) is 5.91 Å². The molecule has 1 aromatic rings. The third kappa shape index (κ3) is 19.7. The van der Waals surface area contributed by atoms with Gasteiger partial charge in [0.1, 0.15) is 25.3 Å². The van der Waals surface area contributed by atoms with E-state index in [0.29, 0.717) is 44.5 Å². The van der Waals surface area contributed by atoms with E-state index in [1.807, 2.05) is 49.2 Å². The second kappa shape index (κ2) is 27.9. The quantitative estimate of drug-likeness (QED) is 0.0647. The molecule has 0 aliphatic heterocycles.